The van der Waals surface area contributed by atoms with Crippen LogP contribution in [0.2, 0.25) is 0 Å². The van der Waals surface area contributed by atoms with Crippen LogP contribution in [-0.4, -0.2) is 23.3 Å². The van der Waals surface area contributed by atoms with E-state index in [2.05, 4.69) is 0 Å². The first-order valence-corrected chi connectivity index (χ1v) is 2.65. The first-order valence-electron chi connectivity index (χ1n) is 2.65. The van der Waals surface area contributed by atoms with E-state index in [0.29, 0.717) is 12.8 Å². The Bertz CT molecular complexity index is 114. The summed E-state index contributed by atoms with van der Waals surface area (Å²) in [5, 5.41) is 14.8. The van der Waals surface area contributed by atoms with Crippen molar-refractivity contribution in [1.82, 2.24) is 0 Å². The monoisotopic (exact) mass is 130 g/mol. The highest BCUT2D eigenvalue weighted by Crippen LogP contribution is 1.90. The molecule has 0 aliphatic heterocycles. The van der Waals surface area contributed by atoms with Gasteiger partial charge >= 0.3 is 5.97 Å². The molecule has 0 aromatic rings. The van der Waals surface area contributed by atoms with Gasteiger partial charge in [-0.25, -0.2) is 0 Å². The summed E-state index contributed by atoms with van der Waals surface area (Å²) >= 11 is 0. The molecule has 0 fully saturated rings. The third-order valence-electron chi connectivity index (χ3n) is 0.939. The van der Waals surface area contributed by atoms with Gasteiger partial charge in [0.1, 0.15) is 6.04 Å². The van der Waals surface area contributed by atoms with Crippen LogP contribution in [-0.2, 0) is 4.79 Å². The molecule has 1 atom stereocenters. The first kappa shape index (κ1) is 8.10. The van der Waals surface area contributed by atoms with E-state index < -0.39 is 12.0 Å². The van der Waals surface area contributed by atoms with Gasteiger partial charge in [0.25, 0.3) is 0 Å². The molecule has 4 N–H and O–H groups in total. The summed E-state index contributed by atoms with van der Waals surface area (Å²) in [6.07, 6.45) is 1.94. The largest absolute Gasteiger partial charge is 0.480 e. The van der Waals surface area contributed by atoms with Crippen LogP contribution in [0.3, 0.4) is 0 Å². The summed E-state index contributed by atoms with van der Waals surface area (Å²) in [4.78, 5) is 10.0. The van der Waals surface area contributed by atoms with Crippen LogP contribution in [0.1, 0.15) is 12.8 Å². The van der Waals surface area contributed by atoms with Crippen molar-refractivity contribution in [2.45, 2.75) is 18.9 Å². The number of nitrogens with one attached hydrogen (secondary N) is 1. The quantitative estimate of drug-likeness (QED) is 0.461. The minimum absolute atomic E-state index is 0.346. The number of carbonyl (C=O) groups is 1. The van der Waals surface area contributed by atoms with Crippen molar-refractivity contribution in [3.63, 3.8) is 0 Å². The van der Waals surface area contributed by atoms with Crippen molar-refractivity contribution in [3.8, 4) is 0 Å². The van der Waals surface area contributed by atoms with Gasteiger partial charge in [0.2, 0.25) is 0 Å². The lowest BCUT2D eigenvalue weighted by Crippen LogP contribution is -2.29. The Morgan fingerprint density at radius 2 is 2.44 bits per heavy atom. The number of rotatable bonds is 4. The van der Waals surface area contributed by atoms with Crippen molar-refractivity contribution in [2.75, 3.05) is 0 Å². The van der Waals surface area contributed by atoms with E-state index in [-0.39, 0.29) is 0 Å². The molecular weight excluding hydrogens is 120 g/mol. The average Bonchev–Trinajstić information content (AvgIpc) is 1.82. The van der Waals surface area contributed by atoms with Crippen LogP contribution in [0, 0.1) is 5.41 Å². The van der Waals surface area contributed by atoms with E-state index in [1.807, 2.05) is 0 Å². The molecule has 0 aliphatic rings. The number of carboxylic acid groups (broad SMARTS) is 1. The highest BCUT2D eigenvalue weighted by molar-refractivity contribution is 5.73. The molecule has 0 saturated carbocycles. The second-order valence-electron chi connectivity index (χ2n) is 1.73. The fraction of sp³-hybridized carbons (Fsp3) is 0.600. The lowest BCUT2D eigenvalue weighted by Gasteiger charge is -2.00. The van der Waals surface area contributed by atoms with Crippen LogP contribution in [0.15, 0.2) is 0 Å². The molecule has 0 bridgehead atoms. The summed E-state index contributed by atoms with van der Waals surface area (Å²) < 4.78 is 0. The van der Waals surface area contributed by atoms with E-state index in [4.69, 9.17) is 16.2 Å². The average molecular weight is 130 g/mol. The fourth-order valence-electron chi connectivity index (χ4n) is 0.386. The molecule has 0 amide bonds. The molecule has 9 heavy (non-hydrogen) atoms. The number of nitrogens with two attached hydrogens (primary N) is 1. The van der Waals surface area contributed by atoms with Gasteiger partial charge < -0.3 is 16.2 Å². The summed E-state index contributed by atoms with van der Waals surface area (Å²) in [6, 6.07) is -0.813. The zero-order valence-electron chi connectivity index (χ0n) is 5.00. The van der Waals surface area contributed by atoms with Gasteiger partial charge in [-0.2, -0.15) is 0 Å². The molecule has 0 spiro atoms. The van der Waals surface area contributed by atoms with E-state index in [1.165, 1.54) is 0 Å². The Labute approximate surface area is 53.2 Å². The highest BCUT2D eigenvalue weighted by Gasteiger charge is 2.08. The molecule has 0 rings (SSSR count). The van der Waals surface area contributed by atoms with Crippen LogP contribution < -0.4 is 5.73 Å². The highest BCUT2D eigenvalue weighted by atomic mass is 16.4. The SMILES string of the molecule is N=CCC[C@@H](N)C(=O)O. The number of aliphatic carboxylic acids is 1. The Kier molecular flexibility index (Phi) is 3.62. The van der Waals surface area contributed by atoms with Gasteiger partial charge in [-0.3, -0.25) is 4.79 Å². The Balaban J connectivity index is 3.37. The topological polar surface area (TPSA) is 87.2 Å². The Hall–Kier alpha value is -0.900. The smallest absolute Gasteiger partial charge is 0.320 e. The van der Waals surface area contributed by atoms with Gasteiger partial charge in [-0.1, -0.05) is 0 Å². The lowest BCUT2D eigenvalue weighted by atomic mass is 10.2. The van der Waals surface area contributed by atoms with Gasteiger partial charge in [-0.05, 0) is 19.1 Å². The van der Waals surface area contributed by atoms with E-state index in [9.17, 15) is 4.79 Å². The predicted molar refractivity (Wildman–Crippen MR) is 33.6 cm³/mol. The van der Waals surface area contributed by atoms with Crippen LogP contribution >= 0.6 is 0 Å². The molecule has 0 radical (unpaired) electrons. The van der Waals surface area contributed by atoms with Crippen molar-refractivity contribution < 1.29 is 9.90 Å². The van der Waals surface area contributed by atoms with Crippen LogP contribution in [0.5, 0.6) is 0 Å². The molecular formula is C5H10N2O2. The van der Waals surface area contributed by atoms with E-state index in [1.54, 1.807) is 0 Å². The van der Waals surface area contributed by atoms with Crippen molar-refractivity contribution in [2.24, 2.45) is 5.73 Å². The van der Waals surface area contributed by atoms with Crippen molar-refractivity contribution in [1.29, 1.82) is 5.41 Å². The summed E-state index contributed by atoms with van der Waals surface area (Å²) in [6.45, 7) is 0. The summed E-state index contributed by atoms with van der Waals surface area (Å²) in [5.41, 5.74) is 5.10. The molecule has 0 aliphatic carbocycles. The second-order valence-corrected chi connectivity index (χ2v) is 1.73. The maximum absolute atomic E-state index is 10.0. The Morgan fingerprint density at radius 3 is 2.78 bits per heavy atom. The Morgan fingerprint density at radius 1 is 1.89 bits per heavy atom. The molecule has 0 aromatic carbocycles. The van der Waals surface area contributed by atoms with Crippen LogP contribution in [0.4, 0.5) is 0 Å². The maximum atomic E-state index is 10.0. The molecule has 52 valence electrons. The minimum Gasteiger partial charge on any atom is -0.480 e. The predicted octanol–water partition coefficient (Wildman–Crippen LogP) is -0.172. The van der Waals surface area contributed by atoms with E-state index >= 15 is 0 Å². The zero-order chi connectivity index (χ0) is 7.28. The third-order valence-corrected chi connectivity index (χ3v) is 0.939. The summed E-state index contributed by atoms with van der Waals surface area (Å²) in [7, 11) is 0. The van der Waals surface area contributed by atoms with Crippen LogP contribution in [0.25, 0.3) is 0 Å². The summed E-state index contributed by atoms with van der Waals surface area (Å²) in [5.74, 6) is -1.00. The van der Waals surface area contributed by atoms with Crippen molar-refractivity contribution >= 4 is 12.2 Å². The second kappa shape index (κ2) is 4.03. The third kappa shape index (κ3) is 3.66. The number of carboxylic acids is 1. The lowest BCUT2D eigenvalue weighted by molar-refractivity contribution is -0.138. The number of hydrogen-bond acceptors (Lipinski definition) is 3. The maximum Gasteiger partial charge on any atom is 0.320 e. The molecule has 0 heterocycles. The van der Waals surface area contributed by atoms with E-state index in [0.717, 1.165) is 6.21 Å². The first-order chi connectivity index (χ1) is 4.18. The standard InChI is InChI=1S/C5H10N2O2/c6-3-1-2-4(7)5(8)9/h3-4,6H,1-2,7H2,(H,8,9)/t4-/m1/s1. The number of hydrogen-bond donors (Lipinski definition) is 3. The van der Waals surface area contributed by atoms with Gasteiger partial charge in [0.05, 0.1) is 0 Å². The molecule has 0 aromatic heterocycles. The fourth-order valence-corrected chi connectivity index (χ4v) is 0.386. The molecule has 4 nitrogen and oxygen atoms in total. The normalized spacial score (nSPS) is 12.6. The van der Waals surface area contributed by atoms with Crippen molar-refractivity contribution in [3.05, 3.63) is 0 Å². The zero-order valence-corrected chi connectivity index (χ0v) is 5.00. The minimum atomic E-state index is -1.00. The molecule has 0 unspecified atom stereocenters. The molecule has 4 heteroatoms. The van der Waals surface area contributed by atoms with Gasteiger partial charge in [0.15, 0.2) is 0 Å². The van der Waals surface area contributed by atoms with Gasteiger partial charge in [-0.15, -0.1) is 0 Å². The molecule has 0 saturated heterocycles. The van der Waals surface area contributed by atoms with Gasteiger partial charge in [0, 0.05) is 0 Å².